The Labute approximate surface area is 195 Å². The average molecular weight is 477 g/mol. The summed E-state index contributed by atoms with van der Waals surface area (Å²) in [6.45, 7) is 3.18. The lowest BCUT2D eigenvalue weighted by Crippen LogP contribution is -2.46. The largest absolute Gasteiger partial charge is 0.466 e. The molecule has 2 aromatic carbocycles. The fourth-order valence-corrected chi connectivity index (χ4v) is 4.50. The molecular weight excluding hydrogens is 455 g/mol. The Morgan fingerprint density at radius 3 is 2.59 bits per heavy atom. The molecule has 1 heterocycles. The van der Waals surface area contributed by atoms with Crippen LogP contribution in [-0.2, 0) is 29.4 Å². The van der Waals surface area contributed by atoms with Crippen molar-refractivity contribution in [3.05, 3.63) is 69.7 Å². The van der Waals surface area contributed by atoms with E-state index in [0.29, 0.717) is 32.5 Å². The molecule has 1 aliphatic rings. The molecule has 32 heavy (non-hydrogen) atoms. The topological polar surface area (TPSA) is 93.7 Å². The van der Waals surface area contributed by atoms with Crippen LogP contribution in [0, 0.1) is 0 Å². The van der Waals surface area contributed by atoms with Crippen molar-refractivity contribution in [2.75, 3.05) is 24.4 Å². The third kappa shape index (κ3) is 4.31. The molecule has 3 rings (SSSR count). The first-order chi connectivity index (χ1) is 15.2. The second kappa shape index (κ2) is 9.63. The van der Waals surface area contributed by atoms with Gasteiger partial charge in [0.2, 0.25) is 5.91 Å². The number of carbonyl (C=O) groups is 3. The van der Waals surface area contributed by atoms with Crippen LogP contribution in [0.4, 0.5) is 11.4 Å². The molecule has 0 aliphatic carbocycles. The Morgan fingerprint density at radius 2 is 1.94 bits per heavy atom. The summed E-state index contributed by atoms with van der Waals surface area (Å²) < 4.78 is 10.2. The molecule has 7 nitrogen and oxygen atoms in total. The van der Waals surface area contributed by atoms with Gasteiger partial charge in [-0.05, 0) is 25.1 Å². The highest BCUT2D eigenvalue weighted by Crippen LogP contribution is 2.54. The first kappa shape index (κ1) is 23.6. The second-order valence-corrected chi connectivity index (χ2v) is 7.93. The van der Waals surface area contributed by atoms with E-state index in [2.05, 4.69) is 10.6 Å². The smallest absolute Gasteiger partial charge is 0.337 e. The molecule has 1 aliphatic heterocycles. The van der Waals surface area contributed by atoms with Gasteiger partial charge in [0.1, 0.15) is 0 Å². The number of anilines is 2. The molecule has 2 N–H and O–H groups in total. The summed E-state index contributed by atoms with van der Waals surface area (Å²) in [6.07, 6.45) is 2.76. The zero-order chi connectivity index (χ0) is 23.5. The van der Waals surface area contributed by atoms with E-state index in [1.807, 2.05) is 0 Å². The zero-order valence-electron chi connectivity index (χ0n) is 17.7. The van der Waals surface area contributed by atoms with Gasteiger partial charge in [-0.2, -0.15) is 0 Å². The number of benzene rings is 2. The number of para-hydroxylation sites is 1. The highest BCUT2D eigenvalue weighted by atomic mass is 35.5. The lowest BCUT2D eigenvalue weighted by Gasteiger charge is -2.34. The Hall–Kier alpha value is -3.03. The van der Waals surface area contributed by atoms with E-state index < -0.39 is 23.4 Å². The number of fused-ring (bicyclic) bond motifs is 1. The summed E-state index contributed by atoms with van der Waals surface area (Å²) in [6, 6.07) is 10.1. The Bertz CT molecular complexity index is 1100. The van der Waals surface area contributed by atoms with Crippen molar-refractivity contribution in [1.29, 1.82) is 0 Å². The minimum absolute atomic E-state index is 0.114. The van der Waals surface area contributed by atoms with Gasteiger partial charge in [0.15, 0.2) is 5.54 Å². The van der Waals surface area contributed by atoms with Crippen LogP contribution in [0.15, 0.2) is 48.6 Å². The fourth-order valence-electron chi connectivity index (χ4n) is 3.89. The maximum atomic E-state index is 13.6. The predicted octanol–water partition coefficient (Wildman–Crippen LogP) is 4.65. The Kier molecular flexibility index (Phi) is 7.11. The van der Waals surface area contributed by atoms with E-state index in [0.717, 1.165) is 0 Å². The maximum Gasteiger partial charge on any atom is 0.337 e. The molecule has 0 radical (unpaired) electrons. The summed E-state index contributed by atoms with van der Waals surface area (Å²) in [5.41, 5.74) is 0.370. The molecule has 2 atom stereocenters. The molecule has 2 unspecified atom stereocenters. The SMILES string of the molecule is CCOC(=O)C1(c2ccccc2NC(C)=O)Nc2cc(Cl)cc(Cl)c2C1/C=C\C(=O)OC. The van der Waals surface area contributed by atoms with Crippen molar-refractivity contribution in [2.24, 2.45) is 0 Å². The van der Waals surface area contributed by atoms with E-state index in [1.165, 1.54) is 26.2 Å². The number of hydrogen-bond acceptors (Lipinski definition) is 6. The van der Waals surface area contributed by atoms with Crippen molar-refractivity contribution in [3.8, 4) is 0 Å². The number of carbonyl (C=O) groups excluding carboxylic acids is 3. The number of esters is 2. The molecule has 9 heteroatoms. The summed E-state index contributed by atoms with van der Waals surface area (Å²) in [4.78, 5) is 37.4. The van der Waals surface area contributed by atoms with Gasteiger partial charge in [-0.3, -0.25) is 4.79 Å². The second-order valence-electron chi connectivity index (χ2n) is 7.09. The predicted molar refractivity (Wildman–Crippen MR) is 123 cm³/mol. The minimum Gasteiger partial charge on any atom is -0.466 e. The molecule has 168 valence electrons. The highest BCUT2D eigenvalue weighted by molar-refractivity contribution is 6.36. The first-order valence-corrected chi connectivity index (χ1v) is 10.6. The lowest BCUT2D eigenvalue weighted by molar-refractivity contribution is -0.149. The normalized spacial score (nSPS) is 19.2. The standard InChI is InChI=1S/C23H22Cl2N2O5/c1-4-32-22(30)23(15-7-5-6-8-18(15)26-13(2)28)16(9-10-20(29)31-3)21-17(25)11-14(24)12-19(21)27-23/h5-12,16,27H,4H2,1-3H3,(H,26,28)/b10-9-. The molecule has 2 aromatic rings. The quantitative estimate of drug-likeness (QED) is 0.465. The molecule has 0 saturated carbocycles. The number of halogens is 2. The summed E-state index contributed by atoms with van der Waals surface area (Å²) in [7, 11) is 1.25. The highest BCUT2D eigenvalue weighted by Gasteiger charge is 2.55. The van der Waals surface area contributed by atoms with Crippen molar-refractivity contribution in [2.45, 2.75) is 25.3 Å². The van der Waals surface area contributed by atoms with Crippen LogP contribution >= 0.6 is 23.2 Å². The van der Waals surface area contributed by atoms with Gasteiger partial charge in [0.05, 0.1) is 13.7 Å². The molecule has 0 fully saturated rings. The van der Waals surface area contributed by atoms with E-state index in [4.69, 9.17) is 32.7 Å². The third-order valence-corrected chi connectivity index (χ3v) is 5.62. The van der Waals surface area contributed by atoms with Gasteiger partial charge in [0, 0.05) is 51.5 Å². The Balaban J connectivity index is 2.34. The first-order valence-electron chi connectivity index (χ1n) is 9.82. The van der Waals surface area contributed by atoms with E-state index in [1.54, 1.807) is 43.3 Å². The van der Waals surface area contributed by atoms with Crippen LogP contribution in [0.1, 0.15) is 30.9 Å². The number of hydrogen-bond donors (Lipinski definition) is 2. The maximum absolute atomic E-state index is 13.6. The summed E-state index contributed by atoms with van der Waals surface area (Å²) in [5.74, 6) is -2.30. The summed E-state index contributed by atoms with van der Waals surface area (Å²) >= 11 is 12.8. The van der Waals surface area contributed by atoms with Crippen LogP contribution in [0.5, 0.6) is 0 Å². The molecule has 0 saturated heterocycles. The van der Waals surface area contributed by atoms with Crippen molar-refractivity contribution >= 4 is 52.4 Å². The van der Waals surface area contributed by atoms with Gasteiger partial charge in [0.25, 0.3) is 0 Å². The number of methoxy groups -OCH3 is 1. The van der Waals surface area contributed by atoms with E-state index >= 15 is 0 Å². The van der Waals surface area contributed by atoms with Crippen LogP contribution in [0.2, 0.25) is 10.0 Å². The average Bonchev–Trinajstić information content (AvgIpc) is 3.07. The molecular formula is C23H22Cl2N2O5. The fraction of sp³-hybridized carbons (Fsp3) is 0.261. The molecule has 1 amide bonds. The number of amides is 1. The van der Waals surface area contributed by atoms with Crippen LogP contribution in [0.25, 0.3) is 0 Å². The molecule has 0 bridgehead atoms. The number of ether oxygens (including phenoxy) is 2. The zero-order valence-corrected chi connectivity index (χ0v) is 19.2. The monoisotopic (exact) mass is 476 g/mol. The molecule has 0 aromatic heterocycles. The van der Waals surface area contributed by atoms with Gasteiger partial charge in [-0.15, -0.1) is 0 Å². The lowest BCUT2D eigenvalue weighted by atomic mass is 9.76. The van der Waals surface area contributed by atoms with Crippen LogP contribution < -0.4 is 10.6 Å². The van der Waals surface area contributed by atoms with Gasteiger partial charge >= 0.3 is 11.9 Å². The van der Waals surface area contributed by atoms with E-state index in [9.17, 15) is 14.4 Å². The Morgan fingerprint density at radius 1 is 1.22 bits per heavy atom. The number of nitrogens with one attached hydrogen (secondary N) is 2. The number of rotatable bonds is 6. The van der Waals surface area contributed by atoms with Crippen molar-refractivity contribution < 1.29 is 23.9 Å². The van der Waals surface area contributed by atoms with Crippen LogP contribution in [-0.4, -0.2) is 31.6 Å². The van der Waals surface area contributed by atoms with E-state index in [-0.39, 0.29) is 12.5 Å². The van der Waals surface area contributed by atoms with Gasteiger partial charge < -0.3 is 20.1 Å². The van der Waals surface area contributed by atoms with Gasteiger partial charge in [-0.1, -0.05) is 47.5 Å². The van der Waals surface area contributed by atoms with Gasteiger partial charge in [-0.25, -0.2) is 9.59 Å². The minimum atomic E-state index is -1.55. The third-order valence-electron chi connectivity index (χ3n) is 5.09. The van der Waals surface area contributed by atoms with Crippen molar-refractivity contribution in [1.82, 2.24) is 0 Å². The van der Waals surface area contributed by atoms with Crippen LogP contribution in [0.3, 0.4) is 0 Å². The summed E-state index contributed by atoms with van der Waals surface area (Å²) in [5, 5.41) is 6.67. The molecule has 0 spiro atoms. The van der Waals surface area contributed by atoms with Crippen molar-refractivity contribution in [3.63, 3.8) is 0 Å².